The number of rotatable bonds is 5. The first-order valence-electron chi connectivity index (χ1n) is 16.5. The molecule has 4 nitrogen and oxygen atoms in total. The van der Waals surface area contributed by atoms with Crippen molar-refractivity contribution in [3.8, 4) is 16.8 Å². The van der Waals surface area contributed by atoms with E-state index < -0.39 is 0 Å². The van der Waals surface area contributed by atoms with Gasteiger partial charge in [0.05, 0.1) is 28.3 Å². The summed E-state index contributed by atoms with van der Waals surface area (Å²) in [7, 11) is 0. The fraction of sp³-hybridized carbons (Fsp3) is 0. The van der Waals surface area contributed by atoms with Crippen LogP contribution in [0.25, 0.3) is 71.3 Å². The SMILES string of the molecule is c1ccc(-n2c3ccccc3c3ccc(N(c4ccc(-c5ccc6ccccc6c5)cc4)c4cccc5oc6cnccc6c45)cc32)cc1. The molecule has 0 radical (unpaired) electrons. The minimum absolute atomic E-state index is 0.774. The monoisotopic (exact) mass is 627 g/mol. The number of hydrogen-bond acceptors (Lipinski definition) is 3. The molecule has 0 aliphatic heterocycles. The predicted octanol–water partition coefficient (Wildman–Crippen LogP) is 12.4. The lowest BCUT2D eigenvalue weighted by Crippen LogP contribution is -2.10. The first-order chi connectivity index (χ1) is 24.3. The van der Waals surface area contributed by atoms with Crippen LogP contribution in [0.15, 0.2) is 181 Å². The third kappa shape index (κ3) is 4.42. The van der Waals surface area contributed by atoms with Gasteiger partial charge in [-0.1, -0.05) is 97.1 Å². The van der Waals surface area contributed by atoms with E-state index in [1.165, 1.54) is 38.2 Å². The number of anilines is 3. The summed E-state index contributed by atoms with van der Waals surface area (Å²) in [6, 6.07) is 58.5. The second-order valence-electron chi connectivity index (χ2n) is 12.5. The average molecular weight is 628 g/mol. The zero-order chi connectivity index (χ0) is 32.3. The van der Waals surface area contributed by atoms with Crippen LogP contribution < -0.4 is 4.90 Å². The van der Waals surface area contributed by atoms with E-state index in [-0.39, 0.29) is 0 Å². The molecule has 10 rings (SSSR count). The van der Waals surface area contributed by atoms with Crippen LogP contribution in [-0.2, 0) is 0 Å². The topological polar surface area (TPSA) is 34.2 Å². The van der Waals surface area contributed by atoms with Crippen molar-refractivity contribution in [2.75, 3.05) is 4.90 Å². The number of hydrogen-bond donors (Lipinski definition) is 0. The van der Waals surface area contributed by atoms with Crippen LogP contribution in [0.1, 0.15) is 0 Å². The summed E-state index contributed by atoms with van der Waals surface area (Å²) in [5, 5.41) is 7.02. The Morgan fingerprint density at radius 2 is 1.24 bits per heavy atom. The third-order valence-corrected chi connectivity index (χ3v) is 9.66. The van der Waals surface area contributed by atoms with Gasteiger partial charge in [0.15, 0.2) is 5.58 Å². The maximum Gasteiger partial charge on any atom is 0.153 e. The molecule has 0 unspecified atom stereocenters. The normalized spacial score (nSPS) is 11.7. The largest absolute Gasteiger partial charge is 0.454 e. The number of fused-ring (bicyclic) bond motifs is 7. The van der Waals surface area contributed by atoms with Crippen LogP contribution in [0.5, 0.6) is 0 Å². The van der Waals surface area contributed by atoms with E-state index in [0.717, 1.165) is 50.2 Å². The highest BCUT2D eigenvalue weighted by Crippen LogP contribution is 2.44. The third-order valence-electron chi connectivity index (χ3n) is 9.66. The van der Waals surface area contributed by atoms with E-state index in [0.29, 0.717) is 0 Å². The van der Waals surface area contributed by atoms with Crippen LogP contribution in [0.4, 0.5) is 17.1 Å². The molecule has 0 saturated carbocycles. The predicted molar refractivity (Wildman–Crippen MR) is 203 cm³/mol. The number of aromatic nitrogens is 2. The molecule has 0 aliphatic rings. The zero-order valence-corrected chi connectivity index (χ0v) is 26.5. The van der Waals surface area contributed by atoms with Gasteiger partial charge in [-0.15, -0.1) is 0 Å². The highest BCUT2D eigenvalue weighted by molar-refractivity contribution is 6.14. The van der Waals surface area contributed by atoms with E-state index in [9.17, 15) is 0 Å². The average Bonchev–Trinajstić information content (AvgIpc) is 3.71. The lowest BCUT2D eigenvalue weighted by atomic mass is 10.0. The Hall–Kier alpha value is -6.65. The van der Waals surface area contributed by atoms with Crippen molar-refractivity contribution in [2.45, 2.75) is 0 Å². The molecule has 7 aromatic carbocycles. The molecule has 0 bridgehead atoms. The number of furan rings is 1. The lowest BCUT2D eigenvalue weighted by Gasteiger charge is -2.27. The molecule has 49 heavy (non-hydrogen) atoms. The molecule has 0 aliphatic carbocycles. The maximum absolute atomic E-state index is 6.32. The van der Waals surface area contributed by atoms with Gasteiger partial charge >= 0.3 is 0 Å². The molecule has 0 spiro atoms. The van der Waals surface area contributed by atoms with Crippen LogP contribution in [0, 0.1) is 0 Å². The molecule has 0 amide bonds. The highest BCUT2D eigenvalue weighted by Gasteiger charge is 2.21. The molecule has 3 heterocycles. The Kier molecular flexibility index (Phi) is 6.15. The van der Waals surface area contributed by atoms with E-state index >= 15 is 0 Å². The van der Waals surface area contributed by atoms with Crippen molar-refractivity contribution in [1.29, 1.82) is 0 Å². The van der Waals surface area contributed by atoms with Crippen LogP contribution >= 0.6 is 0 Å². The van der Waals surface area contributed by atoms with Crippen molar-refractivity contribution >= 4 is 71.6 Å². The van der Waals surface area contributed by atoms with E-state index in [1.54, 1.807) is 6.20 Å². The van der Waals surface area contributed by atoms with Crippen molar-refractivity contribution in [3.05, 3.63) is 176 Å². The maximum atomic E-state index is 6.32. The lowest BCUT2D eigenvalue weighted by molar-refractivity contribution is 0.667. The zero-order valence-electron chi connectivity index (χ0n) is 26.5. The van der Waals surface area contributed by atoms with E-state index in [2.05, 4.69) is 166 Å². The van der Waals surface area contributed by atoms with Crippen molar-refractivity contribution < 1.29 is 4.42 Å². The molecule has 0 N–H and O–H groups in total. The molecule has 10 aromatic rings. The van der Waals surface area contributed by atoms with Gasteiger partial charge in [-0.3, -0.25) is 4.98 Å². The highest BCUT2D eigenvalue weighted by atomic mass is 16.3. The summed E-state index contributed by atoms with van der Waals surface area (Å²) in [5.41, 5.74) is 10.6. The second kappa shape index (κ2) is 11.0. The molecule has 4 heteroatoms. The van der Waals surface area contributed by atoms with Crippen LogP contribution in [0.3, 0.4) is 0 Å². The first kappa shape index (κ1) is 27.5. The Balaban J connectivity index is 1.21. The molecular weight excluding hydrogens is 599 g/mol. The molecule has 230 valence electrons. The Labute approximate surface area is 282 Å². The Morgan fingerprint density at radius 3 is 2.14 bits per heavy atom. The fourth-order valence-corrected chi connectivity index (χ4v) is 7.40. The number of nitrogens with zero attached hydrogens (tertiary/aromatic N) is 3. The van der Waals surface area contributed by atoms with Gasteiger partial charge in [0.2, 0.25) is 0 Å². The van der Waals surface area contributed by atoms with Gasteiger partial charge in [0, 0.05) is 39.4 Å². The van der Waals surface area contributed by atoms with E-state index in [1.807, 2.05) is 18.3 Å². The number of para-hydroxylation sites is 2. The number of benzene rings is 7. The standard InChI is InChI=1S/C45H29N3O/c1-2-11-34(12-3-1)48-40-14-7-6-13-37(40)38-24-23-36(28-42(38)48)47(41-15-8-16-43-45(41)39-25-26-46-29-44(39)49-43)35-21-19-31(20-22-35)33-18-17-30-9-4-5-10-32(30)27-33/h1-29H. The van der Waals surface area contributed by atoms with Gasteiger partial charge in [-0.05, 0) is 88.6 Å². The second-order valence-corrected chi connectivity index (χ2v) is 12.5. The minimum atomic E-state index is 0.774. The van der Waals surface area contributed by atoms with Crippen molar-refractivity contribution in [2.24, 2.45) is 0 Å². The van der Waals surface area contributed by atoms with Gasteiger partial charge in [0.1, 0.15) is 5.58 Å². The molecule has 0 saturated heterocycles. The van der Waals surface area contributed by atoms with Gasteiger partial charge in [-0.2, -0.15) is 0 Å². The minimum Gasteiger partial charge on any atom is -0.454 e. The quantitative estimate of drug-likeness (QED) is 0.190. The first-order valence-corrected chi connectivity index (χ1v) is 16.5. The van der Waals surface area contributed by atoms with Crippen LogP contribution in [0.2, 0.25) is 0 Å². The summed E-state index contributed by atoms with van der Waals surface area (Å²) in [6.45, 7) is 0. The Morgan fingerprint density at radius 1 is 0.490 bits per heavy atom. The smallest absolute Gasteiger partial charge is 0.153 e. The summed E-state index contributed by atoms with van der Waals surface area (Å²) in [5.74, 6) is 0. The molecule has 0 fully saturated rings. The Bertz CT molecular complexity index is 2830. The van der Waals surface area contributed by atoms with Gasteiger partial charge < -0.3 is 13.9 Å². The van der Waals surface area contributed by atoms with Gasteiger partial charge in [-0.25, -0.2) is 0 Å². The van der Waals surface area contributed by atoms with E-state index in [4.69, 9.17) is 4.42 Å². The summed E-state index contributed by atoms with van der Waals surface area (Å²) < 4.78 is 8.69. The van der Waals surface area contributed by atoms with Crippen LogP contribution in [-0.4, -0.2) is 9.55 Å². The molecular formula is C45H29N3O. The van der Waals surface area contributed by atoms with Crippen molar-refractivity contribution in [3.63, 3.8) is 0 Å². The fourth-order valence-electron chi connectivity index (χ4n) is 7.40. The summed E-state index contributed by atoms with van der Waals surface area (Å²) in [6.07, 6.45) is 3.63. The summed E-state index contributed by atoms with van der Waals surface area (Å²) >= 11 is 0. The number of pyridine rings is 1. The molecule has 0 atom stereocenters. The molecule has 3 aromatic heterocycles. The summed E-state index contributed by atoms with van der Waals surface area (Å²) in [4.78, 5) is 6.70. The van der Waals surface area contributed by atoms with Gasteiger partial charge in [0.25, 0.3) is 0 Å². The van der Waals surface area contributed by atoms with Crippen molar-refractivity contribution in [1.82, 2.24) is 9.55 Å².